The highest BCUT2D eigenvalue weighted by molar-refractivity contribution is 5.76. The van der Waals surface area contributed by atoms with E-state index in [1.165, 1.54) is 372 Å². The normalized spacial score (nSPS) is 12.4. The van der Waals surface area contributed by atoms with Crippen molar-refractivity contribution in [1.82, 2.24) is 5.32 Å². The lowest BCUT2D eigenvalue weighted by atomic mass is 10.0. The van der Waals surface area contributed by atoms with Crippen molar-refractivity contribution in [2.24, 2.45) is 0 Å². The fourth-order valence-electron chi connectivity index (χ4n) is 12.4. The number of hydrogen-bond donors (Lipinski definition) is 3. The molecule has 0 bridgehead atoms. The molecule has 0 fully saturated rings. The molecule has 0 aromatic rings. The Hall–Kier alpha value is -1.14. The Morgan fingerprint density at radius 2 is 0.506 bits per heavy atom. The molecule has 1 amide bonds. The lowest BCUT2D eigenvalue weighted by molar-refractivity contribution is -0.143. The summed E-state index contributed by atoms with van der Waals surface area (Å²) in [7, 11) is 0. The van der Waals surface area contributed by atoms with Crippen LogP contribution in [0, 0.1) is 0 Å². The van der Waals surface area contributed by atoms with Gasteiger partial charge in [0.15, 0.2) is 0 Å². The lowest BCUT2D eigenvalue weighted by Gasteiger charge is -2.22. The number of unbranched alkanes of at least 4 members (excludes halogenated alkanes) is 61. The Labute approximate surface area is 508 Å². The largest absolute Gasteiger partial charge is 0.466 e. The van der Waals surface area contributed by atoms with E-state index in [4.69, 9.17) is 4.74 Å². The maximum atomic E-state index is 12.5. The quantitative estimate of drug-likeness (QED) is 0.0417. The number of aliphatic hydroxyl groups excluding tert-OH is 2. The van der Waals surface area contributed by atoms with Gasteiger partial charge in [-0.15, -0.1) is 0 Å². The van der Waals surface area contributed by atoms with Crippen LogP contribution in [0.5, 0.6) is 0 Å². The number of carbonyl (C=O) groups is 2. The molecule has 0 spiro atoms. The number of nitrogens with one attached hydrogen (secondary N) is 1. The first-order valence-electron chi connectivity index (χ1n) is 37.8. The SMILES string of the molecule is CCCCCCCCCCCCCCCCC(=O)OCCCCCCCCCCCCCCCCCCCCCCCCCCCCCCCCCCCCCCCCCC(=O)NC(CO)C(O)CCCCCCCCCCCCC. The Morgan fingerprint density at radius 3 is 0.753 bits per heavy atom. The third-order valence-corrected chi connectivity index (χ3v) is 18.2. The van der Waals surface area contributed by atoms with Crippen LogP contribution in [0.25, 0.3) is 0 Å². The average Bonchev–Trinajstić information content (AvgIpc) is 3.47. The molecular formula is C75H149NO5. The zero-order chi connectivity index (χ0) is 58.5. The molecule has 0 aliphatic rings. The second-order valence-corrected chi connectivity index (χ2v) is 26.4. The van der Waals surface area contributed by atoms with Gasteiger partial charge in [0.25, 0.3) is 0 Å². The molecule has 0 heterocycles. The maximum Gasteiger partial charge on any atom is 0.305 e. The van der Waals surface area contributed by atoms with Gasteiger partial charge < -0.3 is 20.3 Å². The van der Waals surface area contributed by atoms with Crippen LogP contribution in [-0.4, -0.2) is 47.4 Å². The highest BCUT2D eigenvalue weighted by Gasteiger charge is 2.20. The number of hydrogen-bond acceptors (Lipinski definition) is 5. The summed E-state index contributed by atoms with van der Waals surface area (Å²) in [5.41, 5.74) is 0. The van der Waals surface area contributed by atoms with Gasteiger partial charge in [0.05, 0.1) is 25.4 Å². The number of rotatable bonds is 72. The van der Waals surface area contributed by atoms with E-state index in [1.54, 1.807) is 0 Å². The third kappa shape index (κ3) is 67.9. The number of aliphatic hydroxyl groups is 2. The minimum absolute atomic E-state index is 0.0269. The topological polar surface area (TPSA) is 95.9 Å². The molecule has 0 aliphatic carbocycles. The minimum Gasteiger partial charge on any atom is -0.466 e. The molecule has 81 heavy (non-hydrogen) atoms. The molecule has 0 saturated carbocycles. The Balaban J connectivity index is 3.25. The fraction of sp³-hybridized carbons (Fsp3) is 0.973. The number of ether oxygens (including phenoxy) is 1. The molecule has 0 radical (unpaired) electrons. The van der Waals surface area contributed by atoms with E-state index in [-0.39, 0.29) is 18.5 Å². The first kappa shape index (κ1) is 79.9. The highest BCUT2D eigenvalue weighted by Crippen LogP contribution is 2.20. The van der Waals surface area contributed by atoms with E-state index in [0.717, 1.165) is 38.5 Å². The molecule has 0 rings (SSSR count). The lowest BCUT2D eigenvalue weighted by Crippen LogP contribution is -2.45. The molecular weight excluding hydrogens is 995 g/mol. The predicted molar refractivity (Wildman–Crippen MR) is 357 cm³/mol. The minimum atomic E-state index is -0.657. The molecule has 6 nitrogen and oxygen atoms in total. The molecule has 484 valence electrons. The van der Waals surface area contributed by atoms with Crippen LogP contribution in [0.3, 0.4) is 0 Å². The van der Waals surface area contributed by atoms with Crippen LogP contribution < -0.4 is 5.32 Å². The summed E-state index contributed by atoms with van der Waals surface area (Å²) in [5, 5.41) is 23.2. The molecule has 0 aliphatic heterocycles. The van der Waals surface area contributed by atoms with E-state index in [1.807, 2.05) is 0 Å². The second kappa shape index (κ2) is 71.3. The van der Waals surface area contributed by atoms with E-state index in [0.29, 0.717) is 25.9 Å². The predicted octanol–water partition coefficient (Wildman–Crippen LogP) is 24.5. The average molecular weight is 1150 g/mol. The summed E-state index contributed by atoms with van der Waals surface area (Å²) in [6.07, 6.45) is 87.8. The van der Waals surface area contributed by atoms with Crippen LogP contribution in [0.15, 0.2) is 0 Å². The third-order valence-electron chi connectivity index (χ3n) is 18.2. The summed E-state index contributed by atoms with van der Waals surface area (Å²) >= 11 is 0. The molecule has 2 unspecified atom stereocenters. The zero-order valence-electron chi connectivity index (χ0n) is 55.6. The van der Waals surface area contributed by atoms with Crippen molar-refractivity contribution in [3.05, 3.63) is 0 Å². The van der Waals surface area contributed by atoms with Gasteiger partial charge >= 0.3 is 5.97 Å². The van der Waals surface area contributed by atoms with Gasteiger partial charge in [-0.1, -0.05) is 406 Å². The van der Waals surface area contributed by atoms with Crippen LogP contribution >= 0.6 is 0 Å². The highest BCUT2D eigenvalue weighted by atomic mass is 16.5. The van der Waals surface area contributed by atoms with Gasteiger partial charge in [0, 0.05) is 12.8 Å². The van der Waals surface area contributed by atoms with E-state index >= 15 is 0 Å². The zero-order valence-corrected chi connectivity index (χ0v) is 55.6. The van der Waals surface area contributed by atoms with Crippen LogP contribution in [-0.2, 0) is 14.3 Å². The first-order chi connectivity index (χ1) is 40.0. The number of carbonyl (C=O) groups excluding carboxylic acids is 2. The summed E-state index contributed by atoms with van der Waals surface area (Å²) in [5.74, 6) is 0.000471. The molecule has 3 N–H and O–H groups in total. The number of amides is 1. The van der Waals surface area contributed by atoms with Crippen LogP contribution in [0.1, 0.15) is 444 Å². The summed E-state index contributed by atoms with van der Waals surface area (Å²) < 4.78 is 5.50. The smallest absolute Gasteiger partial charge is 0.305 e. The second-order valence-electron chi connectivity index (χ2n) is 26.4. The molecule has 0 aromatic carbocycles. The van der Waals surface area contributed by atoms with Crippen LogP contribution in [0.4, 0.5) is 0 Å². The van der Waals surface area contributed by atoms with Crippen molar-refractivity contribution in [1.29, 1.82) is 0 Å². The van der Waals surface area contributed by atoms with E-state index in [9.17, 15) is 19.8 Å². The van der Waals surface area contributed by atoms with Gasteiger partial charge in [-0.25, -0.2) is 0 Å². The van der Waals surface area contributed by atoms with Gasteiger partial charge in [-0.3, -0.25) is 9.59 Å². The van der Waals surface area contributed by atoms with Crippen molar-refractivity contribution in [2.75, 3.05) is 13.2 Å². The van der Waals surface area contributed by atoms with Gasteiger partial charge in [0.1, 0.15) is 0 Å². The van der Waals surface area contributed by atoms with Crippen molar-refractivity contribution in [3.63, 3.8) is 0 Å². The van der Waals surface area contributed by atoms with Crippen molar-refractivity contribution in [2.45, 2.75) is 456 Å². The van der Waals surface area contributed by atoms with Crippen molar-refractivity contribution in [3.8, 4) is 0 Å². The standard InChI is InChI=1S/C75H149NO5/c1-3-5-7-9-11-13-15-16-45-49-53-57-61-65-69-75(80)81-70-66-62-58-54-50-46-43-41-39-37-35-33-31-29-27-25-23-21-19-17-18-20-22-24-26-28-30-32-34-36-38-40-42-44-48-52-56-60-64-68-74(79)76-72(71-77)73(78)67-63-59-55-51-47-14-12-10-8-6-4-2/h72-73,77-78H,3-71H2,1-2H3,(H,76,79). The summed E-state index contributed by atoms with van der Waals surface area (Å²) in [4.78, 5) is 24.5. The van der Waals surface area contributed by atoms with Crippen molar-refractivity contribution >= 4 is 11.9 Å². The Kier molecular flexibility index (Phi) is 70.3. The van der Waals surface area contributed by atoms with E-state index in [2.05, 4.69) is 19.2 Å². The molecule has 0 saturated heterocycles. The molecule has 6 heteroatoms. The van der Waals surface area contributed by atoms with Crippen LogP contribution in [0.2, 0.25) is 0 Å². The Bertz CT molecular complexity index is 1180. The van der Waals surface area contributed by atoms with Crippen molar-refractivity contribution < 1.29 is 24.5 Å². The Morgan fingerprint density at radius 1 is 0.296 bits per heavy atom. The van der Waals surface area contributed by atoms with Gasteiger partial charge in [0.2, 0.25) is 5.91 Å². The van der Waals surface area contributed by atoms with Gasteiger partial charge in [-0.2, -0.15) is 0 Å². The summed E-state index contributed by atoms with van der Waals surface area (Å²) in [6, 6.07) is -0.534. The molecule has 2 atom stereocenters. The monoisotopic (exact) mass is 1140 g/mol. The van der Waals surface area contributed by atoms with Gasteiger partial charge in [-0.05, 0) is 25.7 Å². The maximum absolute atomic E-state index is 12.5. The molecule has 0 aromatic heterocycles. The number of esters is 1. The first-order valence-corrected chi connectivity index (χ1v) is 37.8. The van der Waals surface area contributed by atoms with E-state index < -0.39 is 12.1 Å². The summed E-state index contributed by atoms with van der Waals surface area (Å²) in [6.45, 7) is 4.99. The fourth-order valence-corrected chi connectivity index (χ4v) is 12.4.